The van der Waals surface area contributed by atoms with Crippen LogP contribution in [0.25, 0.3) is 0 Å². The Morgan fingerprint density at radius 3 is 2.93 bits per heavy atom. The van der Waals surface area contributed by atoms with Crippen molar-refractivity contribution in [3.05, 3.63) is 11.1 Å². The predicted octanol–water partition coefficient (Wildman–Crippen LogP) is 3.06. The highest BCUT2D eigenvalue weighted by molar-refractivity contribution is 8.00. The summed E-state index contributed by atoms with van der Waals surface area (Å²) in [6.45, 7) is 4.11. The van der Waals surface area contributed by atoms with E-state index in [0.717, 1.165) is 12.1 Å². The summed E-state index contributed by atoms with van der Waals surface area (Å²) in [6, 6.07) is 0.349. The van der Waals surface area contributed by atoms with Crippen molar-refractivity contribution in [3.8, 4) is 0 Å². The highest BCUT2D eigenvalue weighted by Gasteiger charge is 1.99. The molecule has 0 fully saturated rings. The number of unbranched alkanes of at least 4 members (excludes halogenated alkanes) is 1. The SMILES string of the molecule is Cc1csc(SCCCCC(C)N)n1. The second kappa shape index (κ2) is 6.43. The fraction of sp³-hybridized carbons (Fsp3) is 0.700. The number of rotatable bonds is 6. The number of nitrogens with zero attached hydrogens (tertiary/aromatic N) is 1. The van der Waals surface area contributed by atoms with Crippen LogP contribution in [0.15, 0.2) is 9.72 Å². The second-order valence-electron chi connectivity index (χ2n) is 3.58. The van der Waals surface area contributed by atoms with Crippen molar-refractivity contribution >= 4 is 23.1 Å². The molecular weight excluding hydrogens is 212 g/mol. The summed E-state index contributed by atoms with van der Waals surface area (Å²) in [4.78, 5) is 4.40. The third kappa shape index (κ3) is 4.98. The summed E-state index contributed by atoms with van der Waals surface area (Å²) >= 11 is 3.60. The van der Waals surface area contributed by atoms with Crippen LogP contribution in [-0.4, -0.2) is 16.8 Å². The molecule has 14 heavy (non-hydrogen) atoms. The molecule has 0 radical (unpaired) electrons. The normalized spacial score (nSPS) is 13.1. The van der Waals surface area contributed by atoms with Crippen molar-refractivity contribution in [1.82, 2.24) is 4.98 Å². The Balaban J connectivity index is 2.04. The molecule has 1 aromatic heterocycles. The van der Waals surface area contributed by atoms with Gasteiger partial charge in [-0.25, -0.2) is 4.98 Å². The maximum Gasteiger partial charge on any atom is 0.150 e. The first-order valence-electron chi connectivity index (χ1n) is 4.99. The number of hydrogen-bond donors (Lipinski definition) is 1. The van der Waals surface area contributed by atoms with Crippen LogP contribution in [0.2, 0.25) is 0 Å². The molecule has 2 nitrogen and oxygen atoms in total. The maximum atomic E-state index is 5.67. The van der Waals surface area contributed by atoms with Gasteiger partial charge in [0.2, 0.25) is 0 Å². The zero-order valence-corrected chi connectivity index (χ0v) is 10.5. The van der Waals surface area contributed by atoms with Crippen LogP contribution in [0.4, 0.5) is 0 Å². The first-order chi connectivity index (χ1) is 6.68. The molecule has 0 bridgehead atoms. The Hall–Kier alpha value is -0.0600. The lowest BCUT2D eigenvalue weighted by atomic mass is 10.2. The molecule has 0 saturated carbocycles. The molecule has 1 rings (SSSR count). The van der Waals surface area contributed by atoms with Gasteiger partial charge in [0.25, 0.3) is 0 Å². The zero-order valence-electron chi connectivity index (χ0n) is 8.82. The summed E-state index contributed by atoms with van der Waals surface area (Å²) in [7, 11) is 0. The van der Waals surface area contributed by atoms with Crippen molar-refractivity contribution in [3.63, 3.8) is 0 Å². The smallest absolute Gasteiger partial charge is 0.150 e. The van der Waals surface area contributed by atoms with E-state index in [9.17, 15) is 0 Å². The average Bonchev–Trinajstić information content (AvgIpc) is 2.50. The van der Waals surface area contributed by atoms with E-state index in [1.165, 1.54) is 22.9 Å². The predicted molar refractivity (Wildman–Crippen MR) is 65.1 cm³/mol. The number of nitrogens with two attached hydrogens (primary N) is 1. The Kier molecular flexibility index (Phi) is 5.52. The molecule has 0 aliphatic rings. The van der Waals surface area contributed by atoms with Crippen molar-refractivity contribution in [2.45, 2.75) is 43.5 Å². The van der Waals surface area contributed by atoms with Crippen LogP contribution in [0.3, 0.4) is 0 Å². The number of thiazole rings is 1. The molecule has 1 unspecified atom stereocenters. The van der Waals surface area contributed by atoms with Gasteiger partial charge in [0.05, 0.1) is 0 Å². The number of aryl methyl sites for hydroxylation is 1. The van der Waals surface area contributed by atoms with Gasteiger partial charge in [-0.15, -0.1) is 11.3 Å². The molecule has 0 aromatic carbocycles. The molecule has 80 valence electrons. The third-order valence-corrected chi connectivity index (χ3v) is 4.10. The van der Waals surface area contributed by atoms with Gasteiger partial charge in [0, 0.05) is 22.9 Å². The highest BCUT2D eigenvalue weighted by Crippen LogP contribution is 2.23. The molecule has 0 aliphatic carbocycles. The van der Waals surface area contributed by atoms with Crippen LogP contribution < -0.4 is 5.73 Å². The summed E-state index contributed by atoms with van der Waals surface area (Å²) in [5, 5.41) is 2.10. The summed E-state index contributed by atoms with van der Waals surface area (Å²) in [6.07, 6.45) is 3.61. The minimum Gasteiger partial charge on any atom is -0.328 e. The van der Waals surface area contributed by atoms with Crippen molar-refractivity contribution in [2.24, 2.45) is 5.73 Å². The van der Waals surface area contributed by atoms with Crippen LogP contribution in [0, 0.1) is 6.92 Å². The van der Waals surface area contributed by atoms with Gasteiger partial charge in [0.15, 0.2) is 0 Å². The lowest BCUT2D eigenvalue weighted by molar-refractivity contribution is 0.618. The van der Waals surface area contributed by atoms with E-state index >= 15 is 0 Å². The van der Waals surface area contributed by atoms with Gasteiger partial charge in [-0.2, -0.15) is 0 Å². The monoisotopic (exact) mass is 230 g/mol. The molecular formula is C10H18N2S2. The van der Waals surface area contributed by atoms with E-state index in [0.29, 0.717) is 6.04 Å². The van der Waals surface area contributed by atoms with Crippen molar-refractivity contribution in [1.29, 1.82) is 0 Å². The Labute approximate surface area is 94.3 Å². The summed E-state index contributed by atoms with van der Waals surface area (Å²) < 4.78 is 1.20. The molecule has 0 saturated heterocycles. The van der Waals surface area contributed by atoms with Gasteiger partial charge in [-0.3, -0.25) is 0 Å². The summed E-state index contributed by atoms with van der Waals surface area (Å²) in [5.74, 6) is 1.17. The minimum atomic E-state index is 0.349. The van der Waals surface area contributed by atoms with Gasteiger partial charge in [-0.05, 0) is 26.7 Å². The minimum absolute atomic E-state index is 0.349. The third-order valence-electron chi connectivity index (χ3n) is 1.88. The first kappa shape index (κ1) is 12.0. The highest BCUT2D eigenvalue weighted by atomic mass is 32.2. The standard InChI is InChI=1S/C10H18N2S2/c1-8(11)5-3-4-6-13-10-12-9(2)7-14-10/h7-8H,3-6,11H2,1-2H3. The van der Waals surface area contributed by atoms with E-state index in [4.69, 9.17) is 5.73 Å². The van der Waals surface area contributed by atoms with Gasteiger partial charge >= 0.3 is 0 Å². The lowest BCUT2D eigenvalue weighted by Gasteiger charge is -2.02. The molecule has 0 spiro atoms. The van der Waals surface area contributed by atoms with Crippen LogP contribution in [0.1, 0.15) is 31.9 Å². The first-order valence-corrected chi connectivity index (χ1v) is 6.85. The van der Waals surface area contributed by atoms with E-state index in [-0.39, 0.29) is 0 Å². The summed E-state index contributed by atoms with van der Waals surface area (Å²) in [5.41, 5.74) is 6.80. The lowest BCUT2D eigenvalue weighted by Crippen LogP contribution is -2.13. The largest absolute Gasteiger partial charge is 0.328 e. The zero-order chi connectivity index (χ0) is 10.4. The van der Waals surface area contributed by atoms with Crippen molar-refractivity contribution < 1.29 is 0 Å². The number of thioether (sulfide) groups is 1. The topological polar surface area (TPSA) is 38.9 Å². The Morgan fingerprint density at radius 1 is 1.57 bits per heavy atom. The molecule has 1 heterocycles. The van der Waals surface area contributed by atoms with E-state index < -0.39 is 0 Å². The molecule has 0 amide bonds. The second-order valence-corrected chi connectivity index (χ2v) is 5.78. The Morgan fingerprint density at radius 2 is 2.36 bits per heavy atom. The quantitative estimate of drug-likeness (QED) is 0.603. The fourth-order valence-electron chi connectivity index (χ4n) is 1.13. The van der Waals surface area contributed by atoms with Gasteiger partial charge < -0.3 is 5.73 Å². The molecule has 2 N–H and O–H groups in total. The van der Waals surface area contributed by atoms with Crippen LogP contribution in [-0.2, 0) is 0 Å². The molecule has 0 aliphatic heterocycles. The van der Waals surface area contributed by atoms with Crippen LogP contribution >= 0.6 is 23.1 Å². The van der Waals surface area contributed by atoms with Gasteiger partial charge in [-0.1, -0.05) is 18.2 Å². The van der Waals surface area contributed by atoms with E-state index in [1.807, 2.05) is 18.7 Å². The van der Waals surface area contributed by atoms with Crippen molar-refractivity contribution in [2.75, 3.05) is 5.75 Å². The van der Waals surface area contributed by atoms with Gasteiger partial charge in [0.1, 0.15) is 4.34 Å². The number of aromatic nitrogens is 1. The average molecular weight is 230 g/mol. The van der Waals surface area contributed by atoms with E-state index in [1.54, 1.807) is 11.3 Å². The van der Waals surface area contributed by atoms with Crippen LogP contribution in [0.5, 0.6) is 0 Å². The Bertz CT molecular complexity index is 258. The maximum absolute atomic E-state index is 5.67. The van der Waals surface area contributed by atoms with E-state index in [2.05, 4.69) is 17.3 Å². The fourth-order valence-corrected chi connectivity index (χ4v) is 3.05. The molecule has 4 heteroatoms. The number of hydrogen-bond acceptors (Lipinski definition) is 4. The molecule has 1 aromatic rings. The molecule has 1 atom stereocenters.